The van der Waals surface area contributed by atoms with Gasteiger partial charge in [-0.1, -0.05) is 0 Å². The summed E-state index contributed by atoms with van der Waals surface area (Å²) in [6.07, 6.45) is 0.107. The van der Waals surface area contributed by atoms with Crippen molar-refractivity contribution >= 4 is 22.6 Å². The number of benzene rings is 1. The Bertz CT molecular complexity index is 1140. The summed E-state index contributed by atoms with van der Waals surface area (Å²) in [6, 6.07) is 9.73. The molecule has 4 aromatic rings. The van der Waals surface area contributed by atoms with Crippen LogP contribution in [0.2, 0.25) is 0 Å². The fraction of sp³-hybridized carbons (Fsp3) is 0.263. The maximum atomic E-state index is 12.3. The van der Waals surface area contributed by atoms with Crippen molar-refractivity contribution in [2.75, 3.05) is 7.11 Å². The van der Waals surface area contributed by atoms with Crippen molar-refractivity contribution in [3.05, 3.63) is 53.2 Å². The molecule has 0 unspecified atom stereocenters. The molecule has 27 heavy (non-hydrogen) atoms. The Hall–Kier alpha value is -3.42. The number of rotatable bonds is 5. The molecule has 0 bridgehead atoms. The molecule has 0 spiro atoms. The van der Waals surface area contributed by atoms with Crippen LogP contribution in [0.25, 0.3) is 16.7 Å². The molecule has 8 nitrogen and oxygen atoms in total. The van der Waals surface area contributed by atoms with E-state index in [1.54, 1.807) is 11.6 Å². The zero-order valence-corrected chi connectivity index (χ0v) is 15.4. The van der Waals surface area contributed by atoms with Crippen LogP contribution in [0.1, 0.15) is 22.9 Å². The summed E-state index contributed by atoms with van der Waals surface area (Å²) in [5, 5.41) is 8.30. The minimum Gasteiger partial charge on any atom is -0.497 e. The molecule has 8 heteroatoms. The Morgan fingerprint density at radius 2 is 2.07 bits per heavy atom. The van der Waals surface area contributed by atoms with Crippen LogP contribution in [0, 0.1) is 13.8 Å². The number of H-pyrrole nitrogens is 1. The molecule has 1 amide bonds. The number of aryl methyl sites for hydroxylation is 2. The van der Waals surface area contributed by atoms with Gasteiger partial charge in [0.25, 0.3) is 5.78 Å². The molecule has 0 fully saturated rings. The highest BCUT2D eigenvalue weighted by molar-refractivity contribution is 5.82. The van der Waals surface area contributed by atoms with Gasteiger partial charge in [0.2, 0.25) is 5.91 Å². The number of amides is 1. The predicted octanol–water partition coefficient (Wildman–Crippen LogP) is 2.09. The molecular formula is C19H20N6O2. The number of methoxy groups -OCH3 is 1. The maximum Gasteiger partial charge on any atom is 0.252 e. The average molecular weight is 364 g/mol. The van der Waals surface area contributed by atoms with Crippen LogP contribution in [0.3, 0.4) is 0 Å². The first-order valence-electron chi connectivity index (χ1n) is 8.64. The lowest BCUT2D eigenvalue weighted by Gasteiger charge is -2.01. The lowest BCUT2D eigenvalue weighted by Crippen LogP contribution is -2.25. The first kappa shape index (κ1) is 17.0. The van der Waals surface area contributed by atoms with E-state index in [9.17, 15) is 4.79 Å². The Balaban J connectivity index is 1.43. The third-order valence-corrected chi connectivity index (χ3v) is 4.34. The van der Waals surface area contributed by atoms with Gasteiger partial charge in [-0.05, 0) is 44.2 Å². The highest BCUT2D eigenvalue weighted by atomic mass is 16.5. The van der Waals surface area contributed by atoms with Crippen molar-refractivity contribution in [1.29, 1.82) is 0 Å². The van der Waals surface area contributed by atoms with E-state index in [-0.39, 0.29) is 12.3 Å². The normalized spacial score (nSPS) is 11.2. The molecule has 0 atom stereocenters. The smallest absolute Gasteiger partial charge is 0.252 e. The topological polar surface area (TPSA) is 97.2 Å². The zero-order valence-electron chi connectivity index (χ0n) is 15.4. The van der Waals surface area contributed by atoms with Crippen molar-refractivity contribution in [2.45, 2.75) is 26.8 Å². The monoisotopic (exact) mass is 364 g/mol. The Labute approximate surface area is 155 Å². The summed E-state index contributed by atoms with van der Waals surface area (Å²) in [5.41, 5.74) is 3.73. The van der Waals surface area contributed by atoms with Gasteiger partial charge in [-0.2, -0.15) is 4.98 Å². The lowest BCUT2D eigenvalue weighted by atomic mass is 10.2. The summed E-state index contributed by atoms with van der Waals surface area (Å²) in [6.45, 7) is 4.24. The fourth-order valence-corrected chi connectivity index (χ4v) is 3.08. The standard InChI is InChI=1S/C19H20N6O2/c1-11-6-12(2)25-19(21-11)23-17(24-25)9-18(26)20-10-14-7-13-8-15(27-3)4-5-16(13)22-14/h4-8,22H,9-10H2,1-3H3,(H,20,26). The lowest BCUT2D eigenvalue weighted by molar-refractivity contribution is -0.120. The minimum absolute atomic E-state index is 0.107. The van der Waals surface area contributed by atoms with Crippen LogP contribution < -0.4 is 10.1 Å². The molecule has 0 radical (unpaired) electrons. The molecule has 138 valence electrons. The average Bonchev–Trinajstić information content (AvgIpc) is 3.22. The predicted molar refractivity (Wildman–Crippen MR) is 101 cm³/mol. The molecule has 3 aromatic heterocycles. The van der Waals surface area contributed by atoms with E-state index in [2.05, 4.69) is 25.4 Å². The number of carbonyl (C=O) groups excluding carboxylic acids is 1. The van der Waals surface area contributed by atoms with Crippen LogP contribution in [0.15, 0.2) is 30.3 Å². The first-order valence-corrected chi connectivity index (χ1v) is 8.64. The fourth-order valence-electron chi connectivity index (χ4n) is 3.08. The summed E-state index contributed by atoms with van der Waals surface area (Å²) in [5.74, 6) is 1.63. The second-order valence-electron chi connectivity index (χ2n) is 6.48. The summed E-state index contributed by atoms with van der Waals surface area (Å²) < 4.78 is 6.89. The van der Waals surface area contributed by atoms with Gasteiger partial charge >= 0.3 is 0 Å². The van der Waals surface area contributed by atoms with Gasteiger partial charge in [0.1, 0.15) is 5.75 Å². The molecule has 0 saturated carbocycles. The highest BCUT2D eigenvalue weighted by Gasteiger charge is 2.12. The van der Waals surface area contributed by atoms with Crippen LogP contribution in [-0.2, 0) is 17.8 Å². The van der Waals surface area contributed by atoms with Gasteiger partial charge in [0.05, 0.1) is 20.1 Å². The van der Waals surface area contributed by atoms with Gasteiger partial charge in [-0.15, -0.1) is 5.10 Å². The molecule has 1 aromatic carbocycles. The van der Waals surface area contributed by atoms with Gasteiger partial charge < -0.3 is 15.0 Å². The summed E-state index contributed by atoms with van der Waals surface area (Å²) in [4.78, 5) is 24.2. The van der Waals surface area contributed by atoms with E-state index in [0.717, 1.165) is 33.7 Å². The van der Waals surface area contributed by atoms with Crippen LogP contribution in [0.5, 0.6) is 5.75 Å². The highest BCUT2D eigenvalue weighted by Crippen LogP contribution is 2.21. The third-order valence-electron chi connectivity index (χ3n) is 4.34. The summed E-state index contributed by atoms with van der Waals surface area (Å²) in [7, 11) is 1.64. The second kappa shape index (κ2) is 6.71. The molecule has 0 aliphatic carbocycles. The van der Waals surface area contributed by atoms with E-state index < -0.39 is 0 Å². The van der Waals surface area contributed by atoms with E-state index in [4.69, 9.17) is 4.74 Å². The zero-order chi connectivity index (χ0) is 19.0. The van der Waals surface area contributed by atoms with Crippen molar-refractivity contribution in [1.82, 2.24) is 29.9 Å². The number of aromatic nitrogens is 5. The van der Waals surface area contributed by atoms with Gasteiger partial charge in [-0.25, -0.2) is 9.50 Å². The van der Waals surface area contributed by atoms with Crippen molar-refractivity contribution in [3.8, 4) is 5.75 Å². The van der Waals surface area contributed by atoms with Gasteiger partial charge in [0.15, 0.2) is 5.82 Å². The van der Waals surface area contributed by atoms with Crippen LogP contribution in [-0.4, -0.2) is 37.6 Å². The molecule has 2 N–H and O–H groups in total. The number of aromatic amines is 1. The molecular weight excluding hydrogens is 344 g/mol. The van der Waals surface area contributed by atoms with E-state index in [0.29, 0.717) is 18.1 Å². The number of nitrogens with one attached hydrogen (secondary N) is 2. The first-order chi connectivity index (χ1) is 13.0. The molecule has 4 rings (SSSR count). The number of hydrogen-bond acceptors (Lipinski definition) is 5. The second-order valence-corrected chi connectivity index (χ2v) is 6.48. The number of carbonyl (C=O) groups is 1. The van der Waals surface area contributed by atoms with Crippen molar-refractivity contribution in [3.63, 3.8) is 0 Å². The van der Waals surface area contributed by atoms with E-state index in [1.807, 2.05) is 44.2 Å². The third kappa shape index (κ3) is 3.46. The number of nitrogens with zero attached hydrogens (tertiary/aromatic N) is 4. The molecule has 0 aliphatic heterocycles. The molecule has 0 aliphatic rings. The largest absolute Gasteiger partial charge is 0.497 e. The Morgan fingerprint density at radius 3 is 2.89 bits per heavy atom. The Morgan fingerprint density at radius 1 is 1.22 bits per heavy atom. The van der Waals surface area contributed by atoms with E-state index in [1.165, 1.54) is 0 Å². The minimum atomic E-state index is -0.142. The quantitative estimate of drug-likeness (QED) is 0.565. The molecule has 0 saturated heterocycles. The van der Waals surface area contributed by atoms with Gasteiger partial charge in [-0.3, -0.25) is 4.79 Å². The SMILES string of the molecule is COc1ccc2[nH]c(CNC(=O)Cc3nc4nc(C)cc(C)n4n3)cc2c1. The van der Waals surface area contributed by atoms with Crippen molar-refractivity contribution < 1.29 is 9.53 Å². The number of fused-ring (bicyclic) bond motifs is 2. The van der Waals surface area contributed by atoms with Crippen molar-refractivity contribution in [2.24, 2.45) is 0 Å². The number of hydrogen-bond donors (Lipinski definition) is 2. The maximum absolute atomic E-state index is 12.3. The summed E-state index contributed by atoms with van der Waals surface area (Å²) >= 11 is 0. The van der Waals surface area contributed by atoms with E-state index >= 15 is 0 Å². The Kier molecular flexibility index (Phi) is 4.23. The van der Waals surface area contributed by atoms with Gasteiger partial charge in [0, 0.05) is 28.0 Å². The molecule has 3 heterocycles. The van der Waals surface area contributed by atoms with Crippen LogP contribution >= 0.6 is 0 Å². The number of ether oxygens (including phenoxy) is 1. The van der Waals surface area contributed by atoms with Crippen LogP contribution in [0.4, 0.5) is 0 Å².